The molecule has 0 bridgehead atoms. The highest BCUT2D eigenvalue weighted by Crippen LogP contribution is 2.01. The molecule has 5 heteroatoms. The van der Waals surface area contributed by atoms with Gasteiger partial charge in [-0.3, -0.25) is 0 Å². The average molecular weight is 228 g/mol. The van der Waals surface area contributed by atoms with Gasteiger partial charge in [0.25, 0.3) is 0 Å². The van der Waals surface area contributed by atoms with Crippen LogP contribution in [0.25, 0.3) is 0 Å². The van der Waals surface area contributed by atoms with Gasteiger partial charge in [0.1, 0.15) is 0 Å². The largest absolute Gasteiger partial charge is 0.326 e. The van der Waals surface area contributed by atoms with Crippen LogP contribution in [0.15, 0.2) is 30.3 Å². The zero-order valence-corrected chi connectivity index (χ0v) is 9.50. The molecular weight excluding hydrogens is 212 g/mol. The minimum absolute atomic E-state index is 0.192. The fourth-order valence-corrected chi connectivity index (χ4v) is 1.76. The summed E-state index contributed by atoms with van der Waals surface area (Å²) < 4.78 is 24.0. The van der Waals surface area contributed by atoms with Crippen molar-refractivity contribution in [1.29, 1.82) is 0 Å². The van der Waals surface area contributed by atoms with E-state index in [1.165, 1.54) is 0 Å². The Balaban J connectivity index is 2.40. The molecule has 1 aromatic rings. The molecule has 3 N–H and O–H groups in total. The monoisotopic (exact) mass is 228 g/mol. The molecule has 0 aliphatic rings. The summed E-state index contributed by atoms with van der Waals surface area (Å²) in [4.78, 5) is 0. The first-order chi connectivity index (χ1) is 6.97. The van der Waals surface area contributed by atoms with Crippen molar-refractivity contribution in [1.82, 2.24) is 4.72 Å². The van der Waals surface area contributed by atoms with Crippen molar-refractivity contribution in [2.45, 2.75) is 12.5 Å². The van der Waals surface area contributed by atoms with Gasteiger partial charge < -0.3 is 5.73 Å². The molecule has 0 fully saturated rings. The van der Waals surface area contributed by atoms with Crippen LogP contribution in [0.1, 0.15) is 5.56 Å². The summed E-state index contributed by atoms with van der Waals surface area (Å²) >= 11 is 0. The molecule has 15 heavy (non-hydrogen) atoms. The summed E-state index contributed by atoms with van der Waals surface area (Å²) in [7, 11) is -3.14. The molecule has 84 valence electrons. The third kappa shape index (κ3) is 5.51. The molecule has 0 spiro atoms. The Morgan fingerprint density at radius 1 is 1.33 bits per heavy atom. The molecule has 1 rings (SSSR count). The number of rotatable bonds is 5. The van der Waals surface area contributed by atoms with Crippen molar-refractivity contribution in [3.63, 3.8) is 0 Å². The maximum absolute atomic E-state index is 10.8. The highest BCUT2D eigenvalue weighted by atomic mass is 32.2. The van der Waals surface area contributed by atoms with Gasteiger partial charge in [0.05, 0.1) is 6.26 Å². The zero-order chi connectivity index (χ0) is 11.3. The van der Waals surface area contributed by atoms with Gasteiger partial charge in [-0.25, -0.2) is 13.1 Å². The maximum Gasteiger partial charge on any atom is 0.208 e. The van der Waals surface area contributed by atoms with Crippen molar-refractivity contribution >= 4 is 10.0 Å². The summed E-state index contributed by atoms with van der Waals surface area (Å²) in [5.74, 6) is 0. The number of sulfonamides is 1. The molecule has 0 radical (unpaired) electrons. The first-order valence-electron chi connectivity index (χ1n) is 4.71. The van der Waals surface area contributed by atoms with Crippen LogP contribution in [0.4, 0.5) is 0 Å². The standard InChI is InChI=1S/C10H16N2O2S/c1-15(13,14)12-8-10(11)7-9-5-3-2-4-6-9/h2-6,10,12H,7-8,11H2,1H3/t10-/m0/s1. The number of benzene rings is 1. The lowest BCUT2D eigenvalue weighted by Crippen LogP contribution is -2.38. The van der Waals surface area contributed by atoms with Gasteiger partial charge in [-0.05, 0) is 12.0 Å². The molecule has 0 amide bonds. The van der Waals surface area contributed by atoms with E-state index in [0.717, 1.165) is 11.8 Å². The third-order valence-corrected chi connectivity index (χ3v) is 2.64. The van der Waals surface area contributed by atoms with Gasteiger partial charge in [0, 0.05) is 12.6 Å². The lowest BCUT2D eigenvalue weighted by atomic mass is 10.1. The predicted molar refractivity (Wildman–Crippen MR) is 61.0 cm³/mol. The second kappa shape index (κ2) is 5.25. The molecule has 1 aromatic carbocycles. The minimum atomic E-state index is -3.14. The summed E-state index contributed by atoms with van der Waals surface area (Å²) in [6, 6.07) is 9.56. The second-order valence-electron chi connectivity index (χ2n) is 3.57. The molecule has 4 nitrogen and oxygen atoms in total. The summed E-state index contributed by atoms with van der Waals surface area (Å²) in [5.41, 5.74) is 6.90. The van der Waals surface area contributed by atoms with E-state index in [1.54, 1.807) is 0 Å². The van der Waals surface area contributed by atoms with Crippen LogP contribution in [-0.2, 0) is 16.4 Å². The fourth-order valence-electron chi connectivity index (χ4n) is 1.25. The van der Waals surface area contributed by atoms with Crippen molar-refractivity contribution in [2.75, 3.05) is 12.8 Å². The third-order valence-electron chi connectivity index (χ3n) is 1.95. The zero-order valence-electron chi connectivity index (χ0n) is 8.68. The number of nitrogens with one attached hydrogen (secondary N) is 1. The minimum Gasteiger partial charge on any atom is -0.326 e. The molecule has 0 aliphatic heterocycles. The summed E-state index contributed by atoms with van der Waals surface area (Å²) in [5, 5.41) is 0. The van der Waals surface area contributed by atoms with E-state index in [0.29, 0.717) is 6.42 Å². The van der Waals surface area contributed by atoms with Crippen molar-refractivity contribution in [3.8, 4) is 0 Å². The molecule has 0 saturated carbocycles. The van der Waals surface area contributed by atoms with E-state index >= 15 is 0 Å². The predicted octanol–water partition coefficient (Wildman–Crippen LogP) is 0.106. The molecule has 0 aliphatic carbocycles. The maximum atomic E-state index is 10.8. The Labute approximate surface area is 90.5 Å². The SMILES string of the molecule is CS(=O)(=O)NC[C@@H](N)Cc1ccccc1. The van der Waals surface area contributed by atoms with E-state index in [9.17, 15) is 8.42 Å². The Kier molecular flexibility index (Phi) is 4.26. The Bertz CT molecular complexity index is 389. The first kappa shape index (κ1) is 12.2. The molecular formula is C10H16N2O2S. The molecule has 0 unspecified atom stereocenters. The van der Waals surface area contributed by atoms with Crippen molar-refractivity contribution < 1.29 is 8.42 Å². The van der Waals surface area contributed by atoms with Crippen LogP contribution >= 0.6 is 0 Å². The fraction of sp³-hybridized carbons (Fsp3) is 0.400. The quantitative estimate of drug-likeness (QED) is 0.751. The lowest BCUT2D eigenvalue weighted by molar-refractivity contribution is 0.572. The van der Waals surface area contributed by atoms with Crippen LogP contribution in [0.2, 0.25) is 0 Å². The topological polar surface area (TPSA) is 72.2 Å². The van der Waals surface area contributed by atoms with Crippen molar-refractivity contribution in [2.24, 2.45) is 5.73 Å². The van der Waals surface area contributed by atoms with E-state index in [1.807, 2.05) is 30.3 Å². The Morgan fingerprint density at radius 2 is 1.93 bits per heavy atom. The second-order valence-corrected chi connectivity index (χ2v) is 5.40. The highest BCUT2D eigenvalue weighted by Gasteiger charge is 2.07. The Morgan fingerprint density at radius 3 is 2.47 bits per heavy atom. The van der Waals surface area contributed by atoms with Crippen LogP contribution < -0.4 is 10.5 Å². The van der Waals surface area contributed by atoms with Gasteiger partial charge in [-0.15, -0.1) is 0 Å². The van der Waals surface area contributed by atoms with Gasteiger partial charge in [-0.2, -0.15) is 0 Å². The Hall–Kier alpha value is -0.910. The van der Waals surface area contributed by atoms with E-state index in [-0.39, 0.29) is 12.6 Å². The number of hydrogen-bond donors (Lipinski definition) is 2. The molecule has 0 saturated heterocycles. The number of nitrogens with two attached hydrogens (primary N) is 1. The first-order valence-corrected chi connectivity index (χ1v) is 6.60. The van der Waals surface area contributed by atoms with Crippen LogP contribution in [0, 0.1) is 0 Å². The molecule has 1 atom stereocenters. The summed E-state index contributed by atoms with van der Waals surface area (Å²) in [6.07, 6.45) is 1.80. The van der Waals surface area contributed by atoms with Gasteiger partial charge in [0.15, 0.2) is 0 Å². The van der Waals surface area contributed by atoms with E-state index in [4.69, 9.17) is 5.73 Å². The number of hydrogen-bond acceptors (Lipinski definition) is 3. The van der Waals surface area contributed by atoms with Crippen LogP contribution in [0.3, 0.4) is 0 Å². The summed E-state index contributed by atoms with van der Waals surface area (Å²) in [6.45, 7) is 0.272. The average Bonchev–Trinajstić information content (AvgIpc) is 2.15. The van der Waals surface area contributed by atoms with Gasteiger partial charge >= 0.3 is 0 Å². The van der Waals surface area contributed by atoms with Crippen LogP contribution in [0.5, 0.6) is 0 Å². The van der Waals surface area contributed by atoms with Crippen LogP contribution in [-0.4, -0.2) is 27.3 Å². The van der Waals surface area contributed by atoms with E-state index in [2.05, 4.69) is 4.72 Å². The lowest BCUT2D eigenvalue weighted by Gasteiger charge is -2.11. The van der Waals surface area contributed by atoms with Crippen molar-refractivity contribution in [3.05, 3.63) is 35.9 Å². The molecule has 0 heterocycles. The normalized spacial score (nSPS) is 13.7. The van der Waals surface area contributed by atoms with Gasteiger partial charge in [-0.1, -0.05) is 30.3 Å². The van der Waals surface area contributed by atoms with Gasteiger partial charge in [0.2, 0.25) is 10.0 Å². The highest BCUT2D eigenvalue weighted by molar-refractivity contribution is 7.88. The molecule has 0 aromatic heterocycles. The smallest absolute Gasteiger partial charge is 0.208 e. The van der Waals surface area contributed by atoms with E-state index < -0.39 is 10.0 Å².